The van der Waals surface area contributed by atoms with Gasteiger partial charge in [-0.05, 0) is 47.9 Å². The van der Waals surface area contributed by atoms with E-state index in [9.17, 15) is 9.59 Å². The van der Waals surface area contributed by atoms with E-state index in [0.717, 1.165) is 34.9 Å². The summed E-state index contributed by atoms with van der Waals surface area (Å²) in [6.07, 6.45) is 1.54. The molecule has 0 N–H and O–H groups in total. The van der Waals surface area contributed by atoms with E-state index in [4.69, 9.17) is 11.6 Å². The second-order valence-corrected chi connectivity index (χ2v) is 9.95. The lowest BCUT2D eigenvalue weighted by atomic mass is 9.99. The predicted octanol–water partition coefficient (Wildman–Crippen LogP) is 5.31. The Morgan fingerprint density at radius 1 is 0.839 bits per heavy atom. The molecular weight excluding hydrogens is 428 g/mol. The number of hydrogen-bond acceptors (Lipinski definition) is 3. The molecule has 0 aliphatic carbocycles. The minimum atomic E-state index is -0.254. The second-order valence-electron chi connectivity index (χ2n) is 8.09. The van der Waals surface area contributed by atoms with Gasteiger partial charge in [-0.25, -0.2) is 0 Å². The molecule has 2 heterocycles. The average molecular weight is 451 g/mol. The first-order valence-corrected chi connectivity index (χ1v) is 11.9. The Labute approximate surface area is 191 Å². The zero-order valence-corrected chi connectivity index (χ0v) is 18.7. The summed E-state index contributed by atoms with van der Waals surface area (Å²) in [5, 5.41) is 2.70. The number of fused-ring (bicyclic) bond motifs is 1. The van der Waals surface area contributed by atoms with Crippen LogP contribution in [-0.2, 0) is 0 Å². The number of carbonyl (C=O) groups is 2. The highest BCUT2D eigenvalue weighted by Crippen LogP contribution is 2.45. The van der Waals surface area contributed by atoms with Gasteiger partial charge in [0.2, 0.25) is 0 Å². The van der Waals surface area contributed by atoms with Crippen LogP contribution in [0.15, 0.2) is 66.7 Å². The van der Waals surface area contributed by atoms with E-state index >= 15 is 0 Å². The number of amides is 2. The van der Waals surface area contributed by atoms with Crippen molar-refractivity contribution in [3.05, 3.63) is 82.9 Å². The van der Waals surface area contributed by atoms with Crippen molar-refractivity contribution in [2.45, 2.75) is 17.7 Å². The predicted molar refractivity (Wildman–Crippen MR) is 127 cm³/mol. The number of piperidine rings is 1. The van der Waals surface area contributed by atoms with E-state index in [2.05, 4.69) is 6.07 Å². The Morgan fingerprint density at radius 2 is 1.55 bits per heavy atom. The van der Waals surface area contributed by atoms with Gasteiger partial charge in [-0.1, -0.05) is 54.1 Å². The molecule has 2 amide bonds. The van der Waals surface area contributed by atoms with E-state index in [1.807, 2.05) is 70.1 Å². The summed E-state index contributed by atoms with van der Waals surface area (Å²) in [5.74, 6) is 0.965. The van der Waals surface area contributed by atoms with Gasteiger partial charge in [0.15, 0.2) is 0 Å². The molecule has 0 aromatic heterocycles. The molecule has 6 heteroatoms. The maximum Gasteiger partial charge on any atom is 0.256 e. The Morgan fingerprint density at radius 3 is 2.32 bits per heavy atom. The van der Waals surface area contributed by atoms with Crippen LogP contribution < -0.4 is 0 Å². The highest BCUT2D eigenvalue weighted by atomic mass is 35.5. The first-order valence-electron chi connectivity index (χ1n) is 10.6. The van der Waals surface area contributed by atoms with Crippen LogP contribution in [0.5, 0.6) is 0 Å². The fourth-order valence-electron chi connectivity index (χ4n) is 4.65. The Kier molecular flexibility index (Phi) is 5.40. The molecule has 4 nitrogen and oxygen atoms in total. The molecule has 0 unspecified atom stereocenters. The lowest BCUT2D eigenvalue weighted by Crippen LogP contribution is -2.53. The van der Waals surface area contributed by atoms with Gasteiger partial charge in [0.25, 0.3) is 11.8 Å². The highest BCUT2D eigenvalue weighted by Gasteiger charge is 2.47. The molecule has 5 rings (SSSR count). The van der Waals surface area contributed by atoms with Crippen LogP contribution in [0.2, 0.25) is 5.02 Å². The van der Waals surface area contributed by atoms with Gasteiger partial charge >= 0.3 is 0 Å². The van der Waals surface area contributed by atoms with Crippen molar-refractivity contribution in [3.8, 4) is 0 Å². The van der Waals surface area contributed by atoms with Crippen LogP contribution in [0.4, 0.5) is 0 Å². The molecule has 0 bridgehead atoms. The van der Waals surface area contributed by atoms with Gasteiger partial charge in [0.1, 0.15) is 0 Å². The third-order valence-corrected chi connectivity index (χ3v) is 8.24. The van der Waals surface area contributed by atoms with Crippen molar-refractivity contribution < 1.29 is 9.59 Å². The molecule has 1 spiro atoms. The average Bonchev–Trinajstić information content (AvgIpc) is 3.21. The van der Waals surface area contributed by atoms with Crippen LogP contribution in [0.3, 0.4) is 0 Å². The van der Waals surface area contributed by atoms with E-state index in [-0.39, 0.29) is 16.7 Å². The molecule has 31 heavy (non-hydrogen) atoms. The first-order chi connectivity index (χ1) is 15.1. The van der Waals surface area contributed by atoms with Crippen molar-refractivity contribution in [2.75, 3.05) is 25.4 Å². The smallest absolute Gasteiger partial charge is 0.256 e. The summed E-state index contributed by atoms with van der Waals surface area (Å²) in [6, 6.07) is 21.2. The van der Waals surface area contributed by atoms with Gasteiger partial charge in [-0.3, -0.25) is 9.59 Å². The van der Waals surface area contributed by atoms with Crippen LogP contribution in [0.25, 0.3) is 10.8 Å². The summed E-state index contributed by atoms with van der Waals surface area (Å²) < 4.78 is 0. The fraction of sp³-hybridized carbons (Fsp3) is 0.280. The van der Waals surface area contributed by atoms with Gasteiger partial charge in [-0.2, -0.15) is 0 Å². The molecule has 2 saturated heterocycles. The lowest BCUT2D eigenvalue weighted by Gasteiger charge is -2.44. The van der Waals surface area contributed by atoms with Gasteiger partial charge in [-0.15, -0.1) is 11.8 Å². The summed E-state index contributed by atoms with van der Waals surface area (Å²) in [4.78, 5) is 30.1. The molecular formula is C25H23ClN2O2S. The SMILES string of the molecule is O=C(c1ccc2ccccc2c1)N1CCC2(CC1)SCCN2C(=O)c1ccccc1Cl. The van der Waals surface area contributed by atoms with Crippen molar-refractivity contribution in [1.29, 1.82) is 0 Å². The standard InChI is InChI=1S/C25H23ClN2O2S/c26-22-8-4-3-7-21(22)24(30)28-15-16-31-25(28)11-13-27(14-12-25)23(29)20-10-9-18-5-1-2-6-19(18)17-20/h1-10,17H,11-16H2. The topological polar surface area (TPSA) is 40.6 Å². The summed E-state index contributed by atoms with van der Waals surface area (Å²) in [6.45, 7) is 2.00. The summed E-state index contributed by atoms with van der Waals surface area (Å²) >= 11 is 8.13. The van der Waals surface area contributed by atoms with Crippen molar-refractivity contribution in [1.82, 2.24) is 9.80 Å². The van der Waals surface area contributed by atoms with Gasteiger partial charge in [0.05, 0.1) is 15.5 Å². The normalized spacial score (nSPS) is 18.0. The van der Waals surface area contributed by atoms with Crippen molar-refractivity contribution in [2.24, 2.45) is 0 Å². The number of likely N-dealkylation sites (tertiary alicyclic amines) is 1. The number of rotatable bonds is 2. The maximum absolute atomic E-state index is 13.3. The molecule has 3 aromatic carbocycles. The number of hydrogen-bond donors (Lipinski definition) is 0. The van der Waals surface area contributed by atoms with Crippen molar-refractivity contribution in [3.63, 3.8) is 0 Å². The van der Waals surface area contributed by atoms with Gasteiger partial charge < -0.3 is 9.80 Å². The third kappa shape index (κ3) is 3.70. The zero-order chi connectivity index (χ0) is 21.4. The van der Waals surface area contributed by atoms with E-state index in [0.29, 0.717) is 30.2 Å². The summed E-state index contributed by atoms with van der Waals surface area (Å²) in [5.41, 5.74) is 1.28. The maximum atomic E-state index is 13.3. The van der Waals surface area contributed by atoms with Crippen molar-refractivity contribution >= 4 is 45.9 Å². The first kappa shape index (κ1) is 20.4. The van der Waals surface area contributed by atoms with Crippen LogP contribution in [-0.4, -0.2) is 51.9 Å². The molecule has 2 aliphatic heterocycles. The minimum absolute atomic E-state index is 0.00935. The minimum Gasteiger partial charge on any atom is -0.338 e. The second kappa shape index (κ2) is 8.21. The monoisotopic (exact) mass is 450 g/mol. The van der Waals surface area contributed by atoms with E-state index in [1.54, 1.807) is 12.1 Å². The Balaban J connectivity index is 1.32. The van der Waals surface area contributed by atoms with Gasteiger partial charge in [0, 0.05) is 31.0 Å². The summed E-state index contributed by atoms with van der Waals surface area (Å²) in [7, 11) is 0. The molecule has 0 atom stereocenters. The fourth-order valence-corrected chi connectivity index (χ4v) is 6.33. The molecule has 3 aromatic rings. The number of benzene rings is 3. The third-order valence-electron chi connectivity index (χ3n) is 6.36. The van der Waals surface area contributed by atoms with Crippen LogP contribution >= 0.6 is 23.4 Å². The number of carbonyl (C=O) groups excluding carboxylic acids is 2. The molecule has 2 fully saturated rings. The largest absolute Gasteiger partial charge is 0.338 e. The van der Waals surface area contributed by atoms with Crippen LogP contribution in [0, 0.1) is 0 Å². The molecule has 158 valence electrons. The Hall–Kier alpha value is -2.50. The zero-order valence-electron chi connectivity index (χ0n) is 17.1. The number of thioether (sulfide) groups is 1. The van der Waals surface area contributed by atoms with E-state index < -0.39 is 0 Å². The molecule has 0 saturated carbocycles. The number of nitrogens with zero attached hydrogens (tertiary/aromatic N) is 2. The van der Waals surface area contributed by atoms with Crippen LogP contribution in [0.1, 0.15) is 33.6 Å². The van der Waals surface area contributed by atoms with E-state index in [1.165, 1.54) is 0 Å². The molecule has 2 aliphatic rings. The Bertz CT molecular complexity index is 1160. The quantitative estimate of drug-likeness (QED) is 0.531. The lowest BCUT2D eigenvalue weighted by molar-refractivity contribution is 0.0498. The molecule has 0 radical (unpaired) electrons. The number of halogens is 1. The highest BCUT2D eigenvalue weighted by molar-refractivity contribution is 8.00.